The summed E-state index contributed by atoms with van der Waals surface area (Å²) in [5.41, 5.74) is 1.04. The molecular weight excluding hydrogens is 416 g/mol. The molecule has 1 atom stereocenters. The number of fused-ring (bicyclic) bond motifs is 1. The van der Waals surface area contributed by atoms with E-state index in [9.17, 15) is 4.79 Å². The Hall–Kier alpha value is -2.35. The second kappa shape index (κ2) is 8.79. The van der Waals surface area contributed by atoms with Gasteiger partial charge in [-0.15, -0.1) is 22.7 Å². The van der Waals surface area contributed by atoms with E-state index in [1.165, 1.54) is 29.1 Å². The van der Waals surface area contributed by atoms with Crippen molar-refractivity contribution in [2.24, 2.45) is 0 Å². The topological polar surface area (TPSA) is 50.8 Å². The predicted molar refractivity (Wildman–Crippen MR) is 121 cm³/mol. The first kappa shape index (κ1) is 19.6. The smallest absolute Gasteiger partial charge is 0.261 e. The molecule has 5 nitrogen and oxygen atoms in total. The molecule has 0 bridgehead atoms. The molecule has 1 unspecified atom stereocenters. The van der Waals surface area contributed by atoms with Crippen LogP contribution in [0.5, 0.6) is 11.5 Å². The van der Waals surface area contributed by atoms with Gasteiger partial charge in [-0.2, -0.15) is 0 Å². The van der Waals surface area contributed by atoms with Crippen molar-refractivity contribution in [1.82, 2.24) is 10.2 Å². The van der Waals surface area contributed by atoms with Crippen molar-refractivity contribution in [3.05, 3.63) is 57.6 Å². The Kier molecular flexibility index (Phi) is 5.75. The Balaban J connectivity index is 1.27. The molecule has 1 aromatic carbocycles. The number of rotatable bonds is 6. The molecule has 0 spiro atoms. The summed E-state index contributed by atoms with van der Waals surface area (Å²) in [6, 6.07) is 14.4. The highest BCUT2D eigenvalue weighted by Crippen LogP contribution is 2.37. The second-order valence-corrected chi connectivity index (χ2v) is 9.57. The molecule has 0 aliphatic carbocycles. The van der Waals surface area contributed by atoms with Crippen molar-refractivity contribution in [2.45, 2.75) is 18.9 Å². The lowest BCUT2D eigenvalue weighted by Crippen LogP contribution is -2.36. The van der Waals surface area contributed by atoms with Crippen molar-refractivity contribution in [1.29, 1.82) is 0 Å². The number of likely N-dealkylation sites (tertiary alicyclic amines) is 1. The summed E-state index contributed by atoms with van der Waals surface area (Å²) in [7, 11) is 0. The molecule has 0 saturated carbocycles. The zero-order chi connectivity index (χ0) is 20.3. The third kappa shape index (κ3) is 4.10. The number of carbonyl (C=O) groups excluding carboxylic acids is 1. The van der Waals surface area contributed by atoms with E-state index in [0.717, 1.165) is 39.9 Å². The van der Waals surface area contributed by atoms with Crippen LogP contribution in [-0.2, 0) is 0 Å². The van der Waals surface area contributed by atoms with E-state index < -0.39 is 0 Å². The highest BCUT2D eigenvalue weighted by atomic mass is 32.1. The van der Waals surface area contributed by atoms with Gasteiger partial charge in [-0.25, -0.2) is 0 Å². The number of hydrogen-bond donors (Lipinski definition) is 1. The summed E-state index contributed by atoms with van der Waals surface area (Å²) in [4.78, 5) is 18.4. The van der Waals surface area contributed by atoms with Gasteiger partial charge in [0.15, 0.2) is 11.5 Å². The molecule has 4 heterocycles. The van der Waals surface area contributed by atoms with Crippen LogP contribution in [0, 0.1) is 0 Å². The van der Waals surface area contributed by atoms with E-state index in [0.29, 0.717) is 19.8 Å². The third-order valence-electron chi connectivity index (χ3n) is 5.57. The van der Waals surface area contributed by atoms with Crippen molar-refractivity contribution in [3.8, 4) is 21.9 Å². The number of amides is 1. The molecule has 1 N–H and O–H groups in total. The van der Waals surface area contributed by atoms with Gasteiger partial charge in [0, 0.05) is 16.3 Å². The first-order chi connectivity index (χ1) is 14.8. The maximum absolute atomic E-state index is 12.9. The molecule has 2 aliphatic heterocycles. The Bertz CT molecular complexity index is 1010. The summed E-state index contributed by atoms with van der Waals surface area (Å²) in [5, 5.41) is 5.28. The lowest BCUT2D eigenvalue weighted by atomic mass is 10.1. The van der Waals surface area contributed by atoms with Crippen LogP contribution in [0.25, 0.3) is 10.4 Å². The summed E-state index contributed by atoms with van der Waals surface area (Å²) in [6.45, 7) is 3.99. The number of nitrogens with zero attached hydrogens (tertiary/aromatic N) is 1. The molecule has 5 rings (SSSR count). The number of hydrogen-bond acceptors (Lipinski definition) is 6. The average molecular weight is 441 g/mol. The molecule has 1 saturated heterocycles. The minimum atomic E-state index is -0.00968. The Morgan fingerprint density at radius 2 is 1.90 bits per heavy atom. The maximum atomic E-state index is 12.9. The van der Waals surface area contributed by atoms with Gasteiger partial charge in [-0.1, -0.05) is 6.07 Å². The summed E-state index contributed by atoms with van der Waals surface area (Å²) < 4.78 is 11.3. The predicted octanol–water partition coefficient (Wildman–Crippen LogP) is 4.81. The van der Waals surface area contributed by atoms with Gasteiger partial charge in [0.2, 0.25) is 0 Å². The monoisotopic (exact) mass is 440 g/mol. The van der Waals surface area contributed by atoms with Gasteiger partial charge in [0.1, 0.15) is 13.2 Å². The van der Waals surface area contributed by atoms with Crippen LogP contribution in [0.3, 0.4) is 0 Å². The van der Waals surface area contributed by atoms with Gasteiger partial charge >= 0.3 is 0 Å². The Morgan fingerprint density at radius 1 is 1.07 bits per heavy atom. The second-order valence-electron chi connectivity index (χ2n) is 7.51. The van der Waals surface area contributed by atoms with Crippen LogP contribution in [0.2, 0.25) is 0 Å². The molecule has 156 valence electrons. The summed E-state index contributed by atoms with van der Waals surface area (Å²) in [6.07, 6.45) is 2.47. The van der Waals surface area contributed by atoms with Crippen molar-refractivity contribution < 1.29 is 14.3 Å². The lowest BCUT2D eigenvalue weighted by Gasteiger charge is -2.26. The zero-order valence-corrected chi connectivity index (χ0v) is 18.3. The van der Waals surface area contributed by atoms with E-state index in [4.69, 9.17) is 9.47 Å². The number of ether oxygens (including phenoxy) is 2. The fourth-order valence-corrected chi connectivity index (χ4v) is 5.81. The average Bonchev–Trinajstić information content (AvgIpc) is 3.56. The number of benzene rings is 1. The van der Waals surface area contributed by atoms with Gasteiger partial charge in [0.25, 0.3) is 5.91 Å². The largest absolute Gasteiger partial charge is 0.486 e. The van der Waals surface area contributed by atoms with Crippen molar-refractivity contribution in [2.75, 3.05) is 32.8 Å². The molecule has 2 aliphatic rings. The zero-order valence-electron chi connectivity index (χ0n) is 16.6. The lowest BCUT2D eigenvalue weighted by molar-refractivity contribution is 0.0942. The molecule has 0 radical (unpaired) electrons. The normalized spacial score (nSPS) is 17.1. The molecule has 1 amide bonds. The van der Waals surface area contributed by atoms with Crippen LogP contribution in [0.4, 0.5) is 0 Å². The van der Waals surface area contributed by atoms with Gasteiger partial charge in [0.05, 0.1) is 10.9 Å². The van der Waals surface area contributed by atoms with Crippen LogP contribution in [0.15, 0.2) is 47.8 Å². The van der Waals surface area contributed by atoms with Gasteiger partial charge < -0.3 is 14.8 Å². The first-order valence-electron chi connectivity index (χ1n) is 10.3. The van der Waals surface area contributed by atoms with Crippen LogP contribution in [0.1, 0.15) is 33.4 Å². The number of nitrogens with one attached hydrogen (secondary N) is 1. The summed E-state index contributed by atoms with van der Waals surface area (Å²) >= 11 is 3.27. The van der Waals surface area contributed by atoms with Crippen LogP contribution >= 0.6 is 22.7 Å². The van der Waals surface area contributed by atoms with E-state index in [2.05, 4.69) is 27.7 Å². The number of carbonyl (C=O) groups is 1. The Morgan fingerprint density at radius 3 is 2.70 bits per heavy atom. The highest BCUT2D eigenvalue weighted by Gasteiger charge is 2.25. The molecule has 30 heavy (non-hydrogen) atoms. The maximum Gasteiger partial charge on any atom is 0.261 e. The molecule has 3 aromatic rings. The number of thiophene rings is 2. The van der Waals surface area contributed by atoms with Gasteiger partial charge in [-0.3, -0.25) is 9.69 Å². The minimum Gasteiger partial charge on any atom is -0.486 e. The van der Waals surface area contributed by atoms with E-state index in [1.807, 2.05) is 30.3 Å². The van der Waals surface area contributed by atoms with Crippen LogP contribution < -0.4 is 14.8 Å². The van der Waals surface area contributed by atoms with E-state index in [1.54, 1.807) is 11.3 Å². The summed E-state index contributed by atoms with van der Waals surface area (Å²) in [5.74, 6) is 1.54. The van der Waals surface area contributed by atoms with Crippen molar-refractivity contribution >= 4 is 28.6 Å². The molecular formula is C23H24N2O3S2. The minimum absolute atomic E-state index is 0.00968. The third-order valence-corrected chi connectivity index (χ3v) is 7.67. The quantitative estimate of drug-likeness (QED) is 0.597. The molecule has 7 heteroatoms. The molecule has 1 fully saturated rings. The van der Waals surface area contributed by atoms with E-state index in [-0.39, 0.29) is 11.9 Å². The van der Waals surface area contributed by atoms with E-state index >= 15 is 0 Å². The Labute approximate surface area is 184 Å². The van der Waals surface area contributed by atoms with Gasteiger partial charge in [-0.05, 0) is 73.3 Å². The van der Waals surface area contributed by atoms with Crippen molar-refractivity contribution in [3.63, 3.8) is 0 Å². The fraction of sp³-hybridized carbons (Fsp3) is 0.348. The fourth-order valence-electron chi connectivity index (χ4n) is 4.03. The highest BCUT2D eigenvalue weighted by molar-refractivity contribution is 7.17. The first-order valence-corrected chi connectivity index (χ1v) is 12.0. The van der Waals surface area contributed by atoms with Crippen LogP contribution in [-0.4, -0.2) is 43.7 Å². The standard InChI is InChI=1S/C23H24N2O3S2/c26-23(24-15-17(21-4-3-13-29-21)25-9-1-2-10-25)22-8-7-20(30-22)16-5-6-18-19(14-16)28-12-11-27-18/h3-8,13-14,17H,1-2,9-12,15H2,(H,24,26). The SMILES string of the molecule is O=C(NCC(c1cccs1)N1CCCC1)c1ccc(-c2ccc3c(c2)OCCO3)s1. The molecule has 2 aromatic heterocycles.